The largest absolute Gasteiger partial charge is 0.491 e. The Balaban J connectivity index is 1.96. The van der Waals surface area contributed by atoms with Gasteiger partial charge in [-0.1, -0.05) is 0 Å². The van der Waals surface area contributed by atoms with Crippen molar-refractivity contribution in [2.75, 3.05) is 25.6 Å². The van der Waals surface area contributed by atoms with Gasteiger partial charge in [-0.2, -0.15) is 0 Å². The Morgan fingerprint density at radius 1 is 1.41 bits per heavy atom. The summed E-state index contributed by atoms with van der Waals surface area (Å²) in [6, 6.07) is 2.84. The summed E-state index contributed by atoms with van der Waals surface area (Å²) < 4.78 is 24.4. The molecular weight excluding hydrogens is 289 g/mol. The van der Waals surface area contributed by atoms with Gasteiger partial charge < -0.3 is 15.2 Å². The number of rotatable bonds is 3. The van der Waals surface area contributed by atoms with Crippen LogP contribution in [0.1, 0.15) is 12.8 Å². The first-order valence-electron chi connectivity index (χ1n) is 5.62. The maximum absolute atomic E-state index is 13.2. The van der Waals surface area contributed by atoms with Gasteiger partial charge in [0.25, 0.3) is 0 Å². The molecule has 17 heavy (non-hydrogen) atoms. The zero-order valence-corrected chi connectivity index (χ0v) is 11.0. The molecule has 1 heterocycles. The highest BCUT2D eigenvalue weighted by atomic mass is 79.9. The van der Waals surface area contributed by atoms with E-state index in [2.05, 4.69) is 15.9 Å². The van der Waals surface area contributed by atoms with Crippen molar-refractivity contribution in [2.45, 2.75) is 12.8 Å². The molecule has 1 aromatic rings. The lowest BCUT2D eigenvalue weighted by Gasteiger charge is -2.22. The van der Waals surface area contributed by atoms with Crippen LogP contribution in [-0.4, -0.2) is 19.8 Å². The lowest BCUT2D eigenvalue weighted by atomic mass is 10.0. The van der Waals surface area contributed by atoms with Gasteiger partial charge in [0.2, 0.25) is 0 Å². The van der Waals surface area contributed by atoms with Gasteiger partial charge in [0, 0.05) is 19.3 Å². The number of anilines is 1. The first kappa shape index (κ1) is 12.6. The number of benzene rings is 1. The van der Waals surface area contributed by atoms with Crippen LogP contribution in [0.5, 0.6) is 5.75 Å². The minimum atomic E-state index is -0.374. The van der Waals surface area contributed by atoms with Crippen LogP contribution in [0, 0.1) is 11.7 Å². The summed E-state index contributed by atoms with van der Waals surface area (Å²) in [7, 11) is 0. The normalized spacial score (nSPS) is 17.1. The fraction of sp³-hybridized carbons (Fsp3) is 0.500. The Kier molecular flexibility index (Phi) is 4.23. The molecule has 0 unspecified atom stereocenters. The van der Waals surface area contributed by atoms with E-state index in [9.17, 15) is 4.39 Å². The predicted octanol–water partition coefficient (Wildman–Crippen LogP) is 2.98. The summed E-state index contributed by atoms with van der Waals surface area (Å²) in [6.45, 7) is 2.18. The van der Waals surface area contributed by atoms with Gasteiger partial charge in [0.15, 0.2) is 0 Å². The fourth-order valence-electron chi connectivity index (χ4n) is 1.79. The van der Waals surface area contributed by atoms with E-state index in [1.807, 2.05) is 0 Å². The summed E-state index contributed by atoms with van der Waals surface area (Å²) in [5, 5.41) is 0. The Morgan fingerprint density at radius 3 is 2.82 bits per heavy atom. The van der Waals surface area contributed by atoms with Crippen LogP contribution in [0.15, 0.2) is 16.6 Å². The van der Waals surface area contributed by atoms with E-state index < -0.39 is 0 Å². The average molecular weight is 304 g/mol. The smallest absolute Gasteiger partial charge is 0.143 e. The van der Waals surface area contributed by atoms with Crippen LogP contribution in [0.3, 0.4) is 0 Å². The first-order chi connectivity index (χ1) is 8.16. The van der Waals surface area contributed by atoms with Crippen LogP contribution in [0.4, 0.5) is 10.1 Å². The minimum Gasteiger partial charge on any atom is -0.491 e. The van der Waals surface area contributed by atoms with E-state index in [0.717, 1.165) is 26.1 Å². The third-order valence-electron chi connectivity index (χ3n) is 2.87. The highest BCUT2D eigenvalue weighted by molar-refractivity contribution is 9.10. The molecule has 1 aliphatic heterocycles. The molecule has 0 atom stereocenters. The number of nitrogen functional groups attached to an aromatic ring is 1. The monoisotopic (exact) mass is 303 g/mol. The van der Waals surface area contributed by atoms with Gasteiger partial charge >= 0.3 is 0 Å². The number of nitrogens with two attached hydrogens (primary N) is 1. The summed E-state index contributed by atoms with van der Waals surface area (Å²) in [5.41, 5.74) is 6.03. The third-order valence-corrected chi connectivity index (χ3v) is 3.48. The first-order valence-corrected chi connectivity index (χ1v) is 6.41. The lowest BCUT2D eigenvalue weighted by molar-refractivity contribution is 0.0498. The molecule has 94 valence electrons. The molecule has 0 saturated carbocycles. The molecular formula is C12H15BrFNO2. The lowest BCUT2D eigenvalue weighted by Crippen LogP contribution is -2.21. The SMILES string of the molecule is Nc1cc(F)c(Br)cc1OCC1CCOCC1. The van der Waals surface area contributed by atoms with Gasteiger partial charge in [-0.3, -0.25) is 0 Å². The quantitative estimate of drug-likeness (QED) is 0.873. The number of ether oxygens (including phenoxy) is 2. The zero-order valence-electron chi connectivity index (χ0n) is 9.42. The van der Waals surface area contributed by atoms with Gasteiger partial charge in [-0.15, -0.1) is 0 Å². The predicted molar refractivity (Wildman–Crippen MR) is 67.6 cm³/mol. The molecule has 0 aromatic heterocycles. The summed E-state index contributed by atoms with van der Waals surface area (Å²) in [6.07, 6.45) is 2.00. The van der Waals surface area contributed by atoms with E-state index in [4.69, 9.17) is 15.2 Å². The molecule has 1 aliphatic rings. The van der Waals surface area contributed by atoms with E-state index in [1.165, 1.54) is 6.07 Å². The molecule has 5 heteroatoms. The van der Waals surface area contributed by atoms with Gasteiger partial charge in [-0.25, -0.2) is 4.39 Å². The summed E-state index contributed by atoms with van der Waals surface area (Å²) in [4.78, 5) is 0. The fourth-order valence-corrected chi connectivity index (χ4v) is 2.11. The van der Waals surface area contributed by atoms with Crippen molar-refractivity contribution < 1.29 is 13.9 Å². The Bertz CT molecular complexity index is 394. The molecule has 0 spiro atoms. The number of hydrogen-bond acceptors (Lipinski definition) is 3. The molecule has 0 bridgehead atoms. The van der Waals surface area contributed by atoms with Gasteiger partial charge in [0.1, 0.15) is 11.6 Å². The Morgan fingerprint density at radius 2 is 2.12 bits per heavy atom. The van der Waals surface area contributed by atoms with Crippen LogP contribution in [0.25, 0.3) is 0 Å². The standard InChI is InChI=1S/C12H15BrFNO2/c13-9-5-12(11(15)6-10(9)14)17-7-8-1-3-16-4-2-8/h5-6,8H,1-4,7,15H2. The number of hydrogen-bond donors (Lipinski definition) is 1. The van der Waals surface area contributed by atoms with Gasteiger partial charge in [-0.05, 0) is 40.8 Å². The van der Waals surface area contributed by atoms with Crippen LogP contribution in [0.2, 0.25) is 0 Å². The highest BCUT2D eigenvalue weighted by Crippen LogP contribution is 2.29. The molecule has 1 saturated heterocycles. The van der Waals surface area contributed by atoms with Crippen molar-refractivity contribution in [3.8, 4) is 5.75 Å². The second-order valence-corrected chi connectivity index (χ2v) is 5.03. The third kappa shape index (κ3) is 3.33. The maximum atomic E-state index is 13.2. The summed E-state index contributed by atoms with van der Waals surface area (Å²) >= 11 is 3.12. The van der Waals surface area contributed by atoms with Crippen molar-refractivity contribution in [3.63, 3.8) is 0 Å². The van der Waals surface area contributed by atoms with Crippen LogP contribution >= 0.6 is 15.9 Å². The molecule has 0 radical (unpaired) electrons. The van der Waals surface area contributed by atoms with E-state index in [1.54, 1.807) is 6.07 Å². The molecule has 1 aromatic carbocycles. The van der Waals surface area contributed by atoms with Crippen molar-refractivity contribution in [3.05, 3.63) is 22.4 Å². The van der Waals surface area contributed by atoms with Crippen molar-refractivity contribution in [1.29, 1.82) is 0 Å². The Labute approximate surface area is 108 Å². The van der Waals surface area contributed by atoms with E-state index >= 15 is 0 Å². The van der Waals surface area contributed by atoms with E-state index in [0.29, 0.717) is 28.4 Å². The second kappa shape index (κ2) is 5.69. The molecule has 0 aliphatic carbocycles. The molecule has 1 fully saturated rings. The van der Waals surface area contributed by atoms with Gasteiger partial charge in [0.05, 0.1) is 16.8 Å². The highest BCUT2D eigenvalue weighted by Gasteiger charge is 2.15. The minimum absolute atomic E-state index is 0.331. The van der Waals surface area contributed by atoms with Crippen LogP contribution in [-0.2, 0) is 4.74 Å². The average Bonchev–Trinajstić information content (AvgIpc) is 2.33. The van der Waals surface area contributed by atoms with Crippen LogP contribution < -0.4 is 10.5 Å². The second-order valence-electron chi connectivity index (χ2n) is 4.17. The van der Waals surface area contributed by atoms with Crippen molar-refractivity contribution in [1.82, 2.24) is 0 Å². The number of halogens is 2. The maximum Gasteiger partial charge on any atom is 0.143 e. The zero-order chi connectivity index (χ0) is 12.3. The van der Waals surface area contributed by atoms with Crippen molar-refractivity contribution >= 4 is 21.6 Å². The van der Waals surface area contributed by atoms with E-state index in [-0.39, 0.29) is 5.82 Å². The van der Waals surface area contributed by atoms with Crippen molar-refractivity contribution in [2.24, 2.45) is 5.92 Å². The topological polar surface area (TPSA) is 44.5 Å². The molecule has 3 nitrogen and oxygen atoms in total. The summed E-state index contributed by atoms with van der Waals surface area (Å²) in [5.74, 6) is 0.651. The molecule has 2 rings (SSSR count). The Hall–Kier alpha value is -0.810. The molecule has 2 N–H and O–H groups in total. The molecule has 0 amide bonds.